The number of hydrogen-bond acceptors (Lipinski definition) is 4. The molecule has 2 fully saturated rings. The lowest BCUT2D eigenvalue weighted by molar-refractivity contribution is -0.139. The summed E-state index contributed by atoms with van der Waals surface area (Å²) >= 11 is 0. The van der Waals surface area contributed by atoms with Crippen molar-refractivity contribution in [2.45, 2.75) is 51.5 Å². The quantitative estimate of drug-likeness (QED) is 0.779. The molecule has 0 bridgehead atoms. The van der Waals surface area contributed by atoms with Gasteiger partial charge in [-0.15, -0.1) is 12.4 Å². The number of carbonyl (C=O) groups excluding carboxylic acids is 2. The molecule has 2 rings (SSSR count). The molecule has 1 saturated carbocycles. The molecule has 1 aliphatic carbocycles. The highest BCUT2D eigenvalue weighted by Gasteiger charge is 2.34. The van der Waals surface area contributed by atoms with Crippen molar-refractivity contribution in [3.63, 3.8) is 0 Å². The number of nitrogens with one attached hydrogen (secondary N) is 1. The molecule has 1 heterocycles. The molecular weight excluding hydrogens is 318 g/mol. The summed E-state index contributed by atoms with van der Waals surface area (Å²) in [7, 11) is 0. The Morgan fingerprint density at radius 3 is 2.39 bits per heavy atom. The van der Waals surface area contributed by atoms with Gasteiger partial charge < -0.3 is 20.7 Å². The van der Waals surface area contributed by atoms with Gasteiger partial charge in [0.05, 0.1) is 13.2 Å². The maximum absolute atomic E-state index is 12.3. The summed E-state index contributed by atoms with van der Waals surface area (Å²) in [6.07, 6.45) is 5.99. The lowest BCUT2D eigenvalue weighted by Gasteiger charge is -2.36. The van der Waals surface area contributed by atoms with E-state index in [9.17, 15) is 9.59 Å². The molecule has 2 amide bonds. The predicted molar refractivity (Wildman–Crippen MR) is 91.4 cm³/mol. The second-order valence-electron chi connectivity index (χ2n) is 6.67. The van der Waals surface area contributed by atoms with Crippen LogP contribution in [0.4, 0.5) is 0 Å². The van der Waals surface area contributed by atoms with Gasteiger partial charge >= 0.3 is 0 Å². The van der Waals surface area contributed by atoms with Crippen LogP contribution in [0.2, 0.25) is 0 Å². The largest absolute Gasteiger partial charge is 0.378 e. The minimum atomic E-state index is -0.482. The highest BCUT2D eigenvalue weighted by molar-refractivity contribution is 5.87. The highest BCUT2D eigenvalue weighted by atomic mass is 35.5. The number of nitrogens with zero attached hydrogens (tertiary/aromatic N) is 1. The fourth-order valence-electron chi connectivity index (χ4n) is 3.51. The molecular formula is C16H30ClN3O3. The Kier molecular flexibility index (Phi) is 8.29. The maximum atomic E-state index is 12.3. The highest BCUT2D eigenvalue weighted by Crippen LogP contribution is 2.38. The molecule has 3 N–H and O–H groups in total. The Morgan fingerprint density at radius 1 is 1.22 bits per heavy atom. The molecule has 1 unspecified atom stereocenters. The van der Waals surface area contributed by atoms with Crippen LogP contribution in [-0.2, 0) is 14.3 Å². The number of hydrogen-bond donors (Lipinski definition) is 2. The number of rotatable bonds is 5. The van der Waals surface area contributed by atoms with Crippen molar-refractivity contribution in [3.8, 4) is 0 Å². The Bertz CT molecular complexity index is 394. The Hall–Kier alpha value is -0.850. The number of ether oxygens (including phenoxy) is 1. The zero-order chi connectivity index (χ0) is 16.0. The van der Waals surface area contributed by atoms with Gasteiger partial charge in [-0.1, -0.05) is 19.3 Å². The second kappa shape index (κ2) is 9.45. The van der Waals surface area contributed by atoms with Crippen LogP contribution in [0.15, 0.2) is 0 Å². The first-order valence-corrected chi connectivity index (χ1v) is 8.42. The third kappa shape index (κ3) is 5.62. The van der Waals surface area contributed by atoms with E-state index in [2.05, 4.69) is 5.32 Å². The summed E-state index contributed by atoms with van der Waals surface area (Å²) in [5.41, 5.74) is 5.86. The first-order valence-electron chi connectivity index (χ1n) is 8.42. The van der Waals surface area contributed by atoms with Crippen molar-refractivity contribution in [1.29, 1.82) is 0 Å². The molecule has 6 nitrogen and oxygen atoms in total. The van der Waals surface area contributed by atoms with E-state index in [1.54, 1.807) is 11.8 Å². The molecule has 1 atom stereocenters. The molecule has 0 radical (unpaired) electrons. The SMILES string of the molecule is CC(NC(=O)CC1(CN)CCCCC1)C(=O)N1CCOCC1.Cl. The van der Waals surface area contributed by atoms with Crippen LogP contribution in [-0.4, -0.2) is 55.6 Å². The second-order valence-corrected chi connectivity index (χ2v) is 6.67. The van der Waals surface area contributed by atoms with Gasteiger partial charge in [0.2, 0.25) is 11.8 Å². The zero-order valence-corrected chi connectivity index (χ0v) is 14.8. The van der Waals surface area contributed by atoms with Crippen molar-refractivity contribution in [2.24, 2.45) is 11.1 Å². The molecule has 0 aromatic carbocycles. The van der Waals surface area contributed by atoms with E-state index in [0.717, 1.165) is 25.7 Å². The predicted octanol–water partition coefficient (Wildman–Crippen LogP) is 1.07. The molecule has 2 aliphatic rings. The smallest absolute Gasteiger partial charge is 0.245 e. The van der Waals surface area contributed by atoms with Crippen LogP contribution < -0.4 is 11.1 Å². The van der Waals surface area contributed by atoms with Crippen LogP contribution in [0.25, 0.3) is 0 Å². The summed E-state index contributed by atoms with van der Waals surface area (Å²) in [5, 5.41) is 2.86. The first-order chi connectivity index (χ1) is 10.6. The van der Waals surface area contributed by atoms with E-state index in [4.69, 9.17) is 10.5 Å². The Labute approximate surface area is 144 Å². The van der Waals surface area contributed by atoms with Crippen LogP contribution in [0.1, 0.15) is 45.4 Å². The van der Waals surface area contributed by atoms with Gasteiger partial charge in [0.1, 0.15) is 6.04 Å². The normalized spacial score (nSPS) is 21.9. The molecule has 23 heavy (non-hydrogen) atoms. The fraction of sp³-hybridized carbons (Fsp3) is 0.875. The maximum Gasteiger partial charge on any atom is 0.245 e. The Balaban J connectivity index is 0.00000264. The van der Waals surface area contributed by atoms with Crippen LogP contribution in [0.5, 0.6) is 0 Å². The number of halogens is 1. The van der Waals surface area contributed by atoms with E-state index in [1.807, 2.05) is 0 Å². The molecule has 0 aromatic heterocycles. The van der Waals surface area contributed by atoms with Gasteiger partial charge in [-0.2, -0.15) is 0 Å². The number of nitrogens with two attached hydrogens (primary N) is 1. The number of morpholine rings is 1. The topological polar surface area (TPSA) is 84.7 Å². The van der Waals surface area contributed by atoms with Crippen molar-refractivity contribution < 1.29 is 14.3 Å². The summed E-state index contributed by atoms with van der Waals surface area (Å²) in [6, 6.07) is -0.482. The van der Waals surface area contributed by atoms with Gasteiger partial charge in [-0.3, -0.25) is 9.59 Å². The van der Waals surface area contributed by atoms with E-state index in [1.165, 1.54) is 6.42 Å². The van der Waals surface area contributed by atoms with Gasteiger partial charge in [0, 0.05) is 19.5 Å². The minimum Gasteiger partial charge on any atom is -0.378 e. The van der Waals surface area contributed by atoms with Gasteiger partial charge in [0.25, 0.3) is 0 Å². The summed E-state index contributed by atoms with van der Waals surface area (Å²) < 4.78 is 5.24. The number of amides is 2. The third-order valence-corrected chi connectivity index (χ3v) is 4.95. The molecule has 1 aliphatic heterocycles. The van der Waals surface area contributed by atoms with Gasteiger partial charge in [-0.25, -0.2) is 0 Å². The summed E-state index contributed by atoms with van der Waals surface area (Å²) in [6.45, 7) is 4.65. The average Bonchev–Trinajstić information content (AvgIpc) is 2.55. The van der Waals surface area contributed by atoms with Crippen molar-refractivity contribution in [1.82, 2.24) is 10.2 Å². The lowest BCUT2D eigenvalue weighted by atomic mass is 9.71. The van der Waals surface area contributed by atoms with E-state index >= 15 is 0 Å². The molecule has 134 valence electrons. The lowest BCUT2D eigenvalue weighted by Crippen LogP contribution is -2.51. The van der Waals surface area contributed by atoms with Crippen molar-refractivity contribution in [3.05, 3.63) is 0 Å². The zero-order valence-electron chi connectivity index (χ0n) is 14.0. The average molecular weight is 348 g/mol. The first kappa shape index (κ1) is 20.2. The number of carbonyl (C=O) groups is 2. The monoisotopic (exact) mass is 347 g/mol. The van der Waals surface area contributed by atoms with Crippen molar-refractivity contribution >= 4 is 24.2 Å². The van der Waals surface area contributed by atoms with Gasteiger partial charge in [0.15, 0.2) is 0 Å². The Morgan fingerprint density at radius 2 is 1.83 bits per heavy atom. The van der Waals surface area contributed by atoms with Crippen molar-refractivity contribution in [2.75, 3.05) is 32.8 Å². The van der Waals surface area contributed by atoms with Crippen LogP contribution in [0.3, 0.4) is 0 Å². The van der Waals surface area contributed by atoms with E-state index < -0.39 is 6.04 Å². The molecule has 7 heteroatoms. The molecule has 0 aromatic rings. The van der Waals surface area contributed by atoms with E-state index in [0.29, 0.717) is 39.3 Å². The molecule has 1 saturated heterocycles. The summed E-state index contributed by atoms with van der Waals surface area (Å²) in [4.78, 5) is 26.4. The fourth-order valence-corrected chi connectivity index (χ4v) is 3.51. The van der Waals surface area contributed by atoms with E-state index in [-0.39, 0.29) is 29.6 Å². The van der Waals surface area contributed by atoms with Crippen LogP contribution >= 0.6 is 12.4 Å². The third-order valence-electron chi connectivity index (χ3n) is 4.95. The molecule has 0 spiro atoms. The standard InChI is InChI=1S/C16H29N3O3.ClH/c1-13(15(21)19-7-9-22-10-8-19)18-14(20)11-16(12-17)5-3-2-4-6-16;/h13H,2-12,17H2,1H3,(H,18,20);1H. The summed E-state index contributed by atoms with van der Waals surface area (Å²) in [5.74, 6) is -0.0800. The minimum absolute atomic E-state index is 0. The van der Waals surface area contributed by atoms with Crippen LogP contribution in [0, 0.1) is 5.41 Å². The van der Waals surface area contributed by atoms with Gasteiger partial charge in [-0.05, 0) is 31.7 Å².